The van der Waals surface area contributed by atoms with Crippen LogP contribution in [-0.2, 0) is 0 Å². The Hall–Kier alpha value is -12.6. The molecule has 0 saturated carbocycles. The van der Waals surface area contributed by atoms with Crippen molar-refractivity contribution in [1.82, 2.24) is 34.9 Å². The lowest BCUT2D eigenvalue weighted by atomic mass is 10.0. The summed E-state index contributed by atoms with van der Waals surface area (Å²) in [6.45, 7) is 53.5. The van der Waals surface area contributed by atoms with Gasteiger partial charge in [-0.15, -0.1) is 0 Å². The summed E-state index contributed by atoms with van der Waals surface area (Å²) in [7, 11) is 0. The van der Waals surface area contributed by atoms with Gasteiger partial charge in [0.15, 0.2) is 11.4 Å². The molecular weight excluding hydrogens is 1230 g/mol. The number of nitrogens with zero attached hydrogens (tertiary/aromatic N) is 14. The zero-order valence-corrected chi connectivity index (χ0v) is 61.7. The first-order valence-corrected chi connectivity index (χ1v) is 31.9. The van der Waals surface area contributed by atoms with Crippen LogP contribution in [0.5, 0.6) is 0 Å². The number of hydrogen-bond donors (Lipinski definition) is 0. The van der Waals surface area contributed by atoms with Gasteiger partial charge < -0.3 is 0 Å². The second-order valence-electron chi connectivity index (χ2n) is 23.3. The van der Waals surface area contributed by atoms with E-state index in [4.69, 9.17) is 39.5 Å². The second-order valence-corrected chi connectivity index (χ2v) is 23.3. The molecule has 0 atom stereocenters. The van der Waals surface area contributed by atoms with Crippen molar-refractivity contribution in [2.75, 3.05) is 0 Å². The number of hydrogen-bond acceptors (Lipinski definition) is 12. The highest BCUT2D eigenvalue weighted by atomic mass is 14.7. The van der Waals surface area contributed by atoms with Crippen molar-refractivity contribution < 1.29 is 0 Å². The van der Waals surface area contributed by atoms with Crippen molar-refractivity contribution in [2.45, 2.75) is 138 Å². The molecule has 7 heterocycles. The molecule has 0 saturated heterocycles. The van der Waals surface area contributed by atoms with Crippen molar-refractivity contribution in [1.29, 1.82) is 26.3 Å². The molecule has 4 aromatic carbocycles. The maximum atomic E-state index is 8.71. The smallest absolute Gasteiger partial charge is 0.188 e. The summed E-state index contributed by atoms with van der Waals surface area (Å²) in [5.41, 5.74) is 27.7. The number of benzene rings is 4. The summed E-state index contributed by atoms with van der Waals surface area (Å²) in [4.78, 5) is 34.5. The van der Waals surface area contributed by atoms with Gasteiger partial charge >= 0.3 is 0 Å². The highest BCUT2D eigenvalue weighted by molar-refractivity contribution is 5.56. The van der Waals surface area contributed by atoms with Gasteiger partial charge in [-0.3, -0.25) is 34.9 Å². The Labute approximate surface area is 596 Å². The summed E-state index contributed by atoms with van der Waals surface area (Å²) >= 11 is 0. The first-order chi connectivity index (χ1) is 47.5. The minimum Gasteiger partial charge on any atom is -0.264 e. The fraction of sp³-hybridized carbons (Fsp3) is 0.233. The monoisotopic (exact) mass is 1320 g/mol. The van der Waals surface area contributed by atoms with Crippen LogP contribution in [0.4, 0.5) is 11.4 Å². The Kier molecular flexibility index (Phi) is 41.1. The van der Waals surface area contributed by atoms with Gasteiger partial charge in [-0.1, -0.05) is 77.4 Å². The van der Waals surface area contributed by atoms with E-state index in [1.807, 2.05) is 233 Å². The summed E-state index contributed by atoms with van der Waals surface area (Å²) in [5.74, 6) is 0. The largest absolute Gasteiger partial charge is 0.264 e. The van der Waals surface area contributed by atoms with Crippen LogP contribution in [0.25, 0.3) is 9.69 Å². The summed E-state index contributed by atoms with van der Waals surface area (Å²) < 4.78 is 0. The summed E-state index contributed by atoms with van der Waals surface area (Å²) in [6, 6.07) is 52.3. The molecule has 0 spiro atoms. The maximum absolute atomic E-state index is 8.71. The van der Waals surface area contributed by atoms with Gasteiger partial charge in [-0.2, -0.15) is 26.3 Å². The molecule has 0 bridgehead atoms. The van der Waals surface area contributed by atoms with E-state index in [2.05, 4.69) is 127 Å². The van der Waals surface area contributed by atoms with Gasteiger partial charge in [0.1, 0.15) is 0 Å². The van der Waals surface area contributed by atoms with Crippen LogP contribution in [0.1, 0.15) is 140 Å². The Balaban J connectivity index is 0.000000551. The molecule has 7 aromatic heterocycles. The topological polar surface area (TPSA) is 218 Å². The molecule has 0 aliphatic rings. The van der Waals surface area contributed by atoms with Crippen LogP contribution in [0, 0.1) is 208 Å². The molecule has 0 unspecified atom stereocenters. The summed E-state index contributed by atoms with van der Waals surface area (Å²) in [5, 5.41) is 42.6. The van der Waals surface area contributed by atoms with E-state index in [0.717, 1.165) is 67.4 Å². The Morgan fingerprint density at radius 1 is 0.280 bits per heavy atom. The van der Waals surface area contributed by atoms with Gasteiger partial charge in [0.25, 0.3) is 0 Å². The number of pyridine rings is 7. The van der Waals surface area contributed by atoms with E-state index < -0.39 is 0 Å². The fourth-order valence-electron chi connectivity index (χ4n) is 7.80. The highest BCUT2D eigenvalue weighted by Gasteiger charge is 2.03. The zero-order valence-electron chi connectivity index (χ0n) is 61.7. The zero-order chi connectivity index (χ0) is 75.1. The molecule has 0 aliphatic heterocycles. The van der Waals surface area contributed by atoms with Gasteiger partial charge in [0, 0.05) is 90.3 Å². The van der Waals surface area contributed by atoms with Gasteiger partial charge in [0.2, 0.25) is 0 Å². The minimum atomic E-state index is 0.537. The van der Waals surface area contributed by atoms with Gasteiger partial charge in [-0.25, -0.2) is 9.69 Å². The molecule has 0 fully saturated rings. The molecule has 14 nitrogen and oxygen atoms in total. The third-order valence-corrected chi connectivity index (χ3v) is 14.6. The third-order valence-electron chi connectivity index (χ3n) is 14.6. The number of nitriles is 5. The predicted octanol–water partition coefficient (Wildman–Crippen LogP) is 20.9. The van der Waals surface area contributed by atoms with Crippen molar-refractivity contribution in [3.05, 3.63) is 358 Å². The minimum absolute atomic E-state index is 0.537. The molecule has 11 rings (SSSR count). The Bertz CT molecular complexity index is 4370. The van der Waals surface area contributed by atoms with Crippen molar-refractivity contribution in [3.8, 4) is 30.3 Å². The van der Waals surface area contributed by atoms with Gasteiger partial charge in [0.05, 0.1) is 65.7 Å². The normalized spacial score (nSPS) is 8.93. The Morgan fingerprint density at radius 3 is 1.14 bits per heavy atom. The molecular formula is C86H92N14. The average molecular weight is 1320 g/mol. The van der Waals surface area contributed by atoms with Crippen molar-refractivity contribution >= 4 is 11.4 Å². The maximum Gasteiger partial charge on any atom is 0.188 e. The van der Waals surface area contributed by atoms with E-state index in [9.17, 15) is 0 Å². The lowest BCUT2D eigenvalue weighted by Crippen LogP contribution is -1.85. The molecule has 0 N–H and O–H groups in total. The van der Waals surface area contributed by atoms with Crippen LogP contribution in [-0.4, -0.2) is 34.9 Å². The average Bonchev–Trinajstić information content (AvgIpc) is 0.860. The molecule has 100 heavy (non-hydrogen) atoms. The van der Waals surface area contributed by atoms with E-state index in [-0.39, 0.29) is 0 Å². The second kappa shape index (κ2) is 48.1. The standard InChI is InChI=1S/C10H8N2.3C9H9N.2C7H6N2.5C7H9N/c1-7-4-10(12-3)5-9(6-11)8(7)2;1-7-3-8(2)5-9(4-7)6-10;1-7-4-5-9(10-3)6-8(7)2;1-7-3-4-9(6-10)5-8(7)2;1-6-5-9-3-2-7(6)4-8;1-6-4-7(5-8)2-3-9-6;1-6-3-7(2)5-8-4-6;1-6-3-4-8-5-7(6)2;1-6-3-4-7(2)8-5-6;2*1-6-4-3-5-8-7(6)2/h4-5H,1-2H3;3-5H,1-2H3;4-6H,1-2H3;3-5H,1-2H3;2-3,5H,1H3;2-4H,1H3;5*3-5H,1-2H3. The van der Waals surface area contributed by atoms with E-state index in [1.165, 1.54) is 61.2 Å². The number of aryl methyl sites for hydroxylation is 19. The van der Waals surface area contributed by atoms with E-state index >= 15 is 0 Å². The lowest BCUT2D eigenvalue weighted by molar-refractivity contribution is 1.15. The van der Waals surface area contributed by atoms with Crippen LogP contribution in [0.3, 0.4) is 0 Å². The summed E-state index contributed by atoms with van der Waals surface area (Å²) in [6.07, 6.45) is 17.8. The highest BCUT2D eigenvalue weighted by Crippen LogP contribution is 2.21. The molecule has 11 aromatic rings. The van der Waals surface area contributed by atoms with Gasteiger partial charge in [-0.05, 0) is 284 Å². The Morgan fingerprint density at radius 2 is 0.770 bits per heavy atom. The molecule has 506 valence electrons. The molecule has 0 aliphatic carbocycles. The fourth-order valence-corrected chi connectivity index (χ4v) is 7.80. The quantitative estimate of drug-likeness (QED) is 0.130. The SMILES string of the molecule is Cc1cc(C#N)ccn1.Cc1cc(C)cc(C#N)c1.Cc1ccc(C#N)cc1C.Cc1ccc(C)nc1.Cc1cccnc1C.Cc1cccnc1C.Cc1ccncc1C.Cc1cncc(C)c1.Cc1cnccc1C#N.[C-]#[N+]c1cc(C)c(C)c(C#N)c1.[C-]#[N+]c1ccc(C)c(C)c1. The van der Waals surface area contributed by atoms with Crippen molar-refractivity contribution in [3.63, 3.8) is 0 Å². The third kappa shape index (κ3) is 36.3. The van der Waals surface area contributed by atoms with Crippen LogP contribution in [0.15, 0.2) is 195 Å². The molecule has 14 heteroatoms. The molecule has 0 amide bonds. The van der Waals surface area contributed by atoms with E-state index in [1.54, 1.807) is 48.9 Å². The van der Waals surface area contributed by atoms with Crippen LogP contribution >= 0.6 is 0 Å². The van der Waals surface area contributed by atoms with Crippen LogP contribution < -0.4 is 0 Å². The number of aromatic nitrogens is 7. The molecule has 0 radical (unpaired) electrons. The first kappa shape index (κ1) is 85.4. The number of rotatable bonds is 0. The van der Waals surface area contributed by atoms with Crippen LogP contribution in [0.2, 0.25) is 0 Å². The predicted molar refractivity (Wildman–Crippen MR) is 406 cm³/mol. The van der Waals surface area contributed by atoms with Crippen molar-refractivity contribution in [2.24, 2.45) is 0 Å². The van der Waals surface area contributed by atoms with E-state index in [0.29, 0.717) is 22.4 Å². The first-order valence-electron chi connectivity index (χ1n) is 31.9. The lowest BCUT2D eigenvalue weighted by Gasteiger charge is -2.01.